The molecule has 48 heavy (non-hydrogen) atoms. The van der Waals surface area contributed by atoms with Crippen molar-refractivity contribution in [2.75, 3.05) is 18.6 Å². The first-order valence-electron chi connectivity index (χ1n) is 17.8. The van der Waals surface area contributed by atoms with Crippen LogP contribution in [-0.4, -0.2) is 36.1 Å². The van der Waals surface area contributed by atoms with Gasteiger partial charge >= 0.3 is 5.97 Å². The van der Waals surface area contributed by atoms with Gasteiger partial charge in [0.1, 0.15) is 17.4 Å². The number of anilines is 1. The Bertz CT molecular complexity index is 1630. The topological polar surface area (TPSA) is 92.5 Å². The van der Waals surface area contributed by atoms with Crippen LogP contribution in [0.2, 0.25) is 0 Å². The summed E-state index contributed by atoms with van der Waals surface area (Å²) >= 11 is 1.78. The van der Waals surface area contributed by atoms with E-state index in [-0.39, 0.29) is 23.7 Å². The number of esters is 1. The van der Waals surface area contributed by atoms with Crippen LogP contribution in [0.5, 0.6) is 5.75 Å². The molecule has 6 rings (SSSR count). The number of aromatic nitrogens is 1. The zero-order valence-corrected chi connectivity index (χ0v) is 29.7. The van der Waals surface area contributed by atoms with E-state index in [0.717, 1.165) is 67.5 Å². The maximum absolute atomic E-state index is 14.4. The van der Waals surface area contributed by atoms with Crippen molar-refractivity contribution in [1.29, 1.82) is 5.26 Å². The summed E-state index contributed by atoms with van der Waals surface area (Å²) in [5.41, 5.74) is 3.38. The maximum Gasteiger partial charge on any atom is 0.306 e. The van der Waals surface area contributed by atoms with E-state index < -0.39 is 5.60 Å². The molecule has 1 amide bonds. The van der Waals surface area contributed by atoms with Crippen molar-refractivity contribution in [2.24, 2.45) is 17.8 Å². The van der Waals surface area contributed by atoms with Crippen molar-refractivity contribution < 1.29 is 19.1 Å². The SMILES string of the molecule is COc1ccc([C@H]2CC[C@H](CN(c3cccc(-c4cnc(C5CC5)s4)c3)C(=O)[C@H]3CC[C@H](CC(=O)OC(C)(C)C)CC3)CC2)cc1C#N. The highest BCUT2D eigenvalue weighted by Crippen LogP contribution is 2.44. The second kappa shape index (κ2) is 14.8. The molecule has 0 N–H and O–H groups in total. The highest BCUT2D eigenvalue weighted by molar-refractivity contribution is 7.15. The van der Waals surface area contributed by atoms with E-state index >= 15 is 0 Å². The summed E-state index contributed by atoms with van der Waals surface area (Å²) in [4.78, 5) is 34.9. The number of methoxy groups -OCH3 is 1. The molecule has 3 saturated carbocycles. The lowest BCUT2D eigenvalue weighted by Gasteiger charge is -2.36. The van der Waals surface area contributed by atoms with Gasteiger partial charge in [-0.3, -0.25) is 9.59 Å². The second-order valence-corrected chi connectivity index (χ2v) is 16.2. The number of nitriles is 1. The number of carbonyl (C=O) groups excluding carboxylic acids is 2. The minimum Gasteiger partial charge on any atom is -0.495 e. The maximum atomic E-state index is 14.4. The fourth-order valence-corrected chi connectivity index (χ4v) is 8.63. The van der Waals surface area contributed by atoms with Crippen LogP contribution in [0.3, 0.4) is 0 Å². The molecule has 254 valence electrons. The molecule has 0 aliphatic heterocycles. The highest BCUT2D eigenvalue weighted by Gasteiger charge is 2.34. The van der Waals surface area contributed by atoms with Crippen LogP contribution < -0.4 is 9.64 Å². The Kier molecular flexibility index (Phi) is 10.6. The van der Waals surface area contributed by atoms with Gasteiger partial charge in [0.15, 0.2) is 0 Å². The summed E-state index contributed by atoms with van der Waals surface area (Å²) in [6, 6.07) is 16.7. The van der Waals surface area contributed by atoms with Crippen molar-refractivity contribution in [1.82, 2.24) is 4.98 Å². The summed E-state index contributed by atoms with van der Waals surface area (Å²) < 4.78 is 10.9. The summed E-state index contributed by atoms with van der Waals surface area (Å²) in [5.74, 6) is 2.33. The highest BCUT2D eigenvalue weighted by atomic mass is 32.1. The first kappa shape index (κ1) is 34.2. The van der Waals surface area contributed by atoms with Crippen LogP contribution in [0.1, 0.15) is 119 Å². The number of thiazole rings is 1. The molecule has 1 aromatic heterocycles. The van der Waals surface area contributed by atoms with Crippen molar-refractivity contribution in [2.45, 2.75) is 109 Å². The largest absolute Gasteiger partial charge is 0.495 e. The van der Waals surface area contributed by atoms with Gasteiger partial charge < -0.3 is 14.4 Å². The van der Waals surface area contributed by atoms with Gasteiger partial charge in [-0.05, 0) is 138 Å². The Balaban J connectivity index is 1.16. The molecule has 7 nitrogen and oxygen atoms in total. The average molecular weight is 668 g/mol. The van der Waals surface area contributed by atoms with Gasteiger partial charge in [0, 0.05) is 36.7 Å². The summed E-state index contributed by atoms with van der Waals surface area (Å²) in [6.45, 7) is 6.41. The number of carbonyl (C=O) groups is 2. The van der Waals surface area contributed by atoms with E-state index in [9.17, 15) is 14.9 Å². The number of rotatable bonds is 10. The summed E-state index contributed by atoms with van der Waals surface area (Å²) in [5, 5.41) is 10.8. The lowest BCUT2D eigenvalue weighted by Crippen LogP contribution is -2.41. The molecular weight excluding hydrogens is 619 g/mol. The minimum atomic E-state index is -0.481. The molecule has 3 aliphatic carbocycles. The molecule has 3 aliphatic rings. The standard InChI is InChI=1S/C40H49N3O4S/c1-40(2,3)47-37(44)20-26-8-14-30(15-9-26)39(45)43(34-7-5-6-32(22-34)36-24-42-38(48-36)29-16-17-29)25-27-10-12-28(13-11-27)31-18-19-35(46-4)33(21-31)23-41/h5-7,18-19,21-22,24,26-30H,8-17,20,25H2,1-4H3/t26-,27-,28-,30-. The van der Waals surface area contributed by atoms with E-state index in [1.54, 1.807) is 18.4 Å². The number of nitrogens with zero attached hydrogens (tertiary/aromatic N) is 3. The Morgan fingerprint density at radius 2 is 1.65 bits per heavy atom. The Hall–Kier alpha value is -3.70. The summed E-state index contributed by atoms with van der Waals surface area (Å²) in [7, 11) is 1.60. The van der Waals surface area contributed by atoms with Crippen molar-refractivity contribution in [3.8, 4) is 22.3 Å². The van der Waals surface area contributed by atoms with Gasteiger partial charge in [-0.2, -0.15) is 5.26 Å². The summed E-state index contributed by atoms with van der Waals surface area (Å²) in [6.07, 6.45) is 12.3. The molecule has 0 saturated heterocycles. The third-order valence-electron chi connectivity index (χ3n) is 10.3. The minimum absolute atomic E-state index is 0.0477. The van der Waals surface area contributed by atoms with Crippen molar-refractivity contribution in [3.63, 3.8) is 0 Å². The fraction of sp³-hybridized carbons (Fsp3) is 0.550. The van der Waals surface area contributed by atoms with E-state index in [1.807, 2.05) is 39.1 Å². The van der Waals surface area contributed by atoms with Crippen LogP contribution in [0, 0.1) is 29.1 Å². The quantitative estimate of drug-likeness (QED) is 0.200. The normalized spacial score (nSPS) is 22.8. The van der Waals surface area contributed by atoms with Gasteiger partial charge in [-0.1, -0.05) is 18.2 Å². The van der Waals surface area contributed by atoms with Gasteiger partial charge in [0.05, 0.1) is 22.6 Å². The number of hydrogen-bond acceptors (Lipinski definition) is 7. The predicted octanol–water partition coefficient (Wildman–Crippen LogP) is 9.41. The lowest BCUT2D eigenvalue weighted by molar-refractivity contribution is -0.156. The zero-order chi connectivity index (χ0) is 33.8. The molecule has 0 atom stereocenters. The Labute approximate surface area is 289 Å². The van der Waals surface area contributed by atoms with E-state index in [0.29, 0.717) is 42.0 Å². The molecule has 0 spiro atoms. The first-order chi connectivity index (χ1) is 23.1. The molecule has 8 heteroatoms. The predicted molar refractivity (Wildman–Crippen MR) is 190 cm³/mol. The number of amides is 1. The zero-order valence-electron chi connectivity index (χ0n) is 28.9. The smallest absolute Gasteiger partial charge is 0.306 e. The molecular formula is C40H49N3O4S. The van der Waals surface area contributed by atoms with E-state index in [1.165, 1.54) is 23.4 Å². The first-order valence-corrected chi connectivity index (χ1v) is 18.6. The van der Waals surface area contributed by atoms with Gasteiger partial charge in [-0.25, -0.2) is 4.98 Å². The number of ether oxygens (including phenoxy) is 2. The number of benzene rings is 2. The Morgan fingerprint density at radius 3 is 2.31 bits per heavy atom. The van der Waals surface area contributed by atoms with Gasteiger partial charge in [-0.15, -0.1) is 11.3 Å². The fourth-order valence-electron chi connectivity index (χ4n) is 7.55. The van der Waals surface area contributed by atoms with Crippen molar-refractivity contribution in [3.05, 3.63) is 64.8 Å². The van der Waals surface area contributed by atoms with Gasteiger partial charge in [0.25, 0.3) is 0 Å². The van der Waals surface area contributed by atoms with E-state index in [2.05, 4.69) is 41.3 Å². The van der Waals surface area contributed by atoms with Crippen LogP contribution >= 0.6 is 11.3 Å². The third kappa shape index (κ3) is 8.47. The van der Waals surface area contributed by atoms with Crippen LogP contribution in [-0.2, 0) is 14.3 Å². The van der Waals surface area contributed by atoms with Crippen LogP contribution in [0.25, 0.3) is 10.4 Å². The molecule has 2 aromatic carbocycles. The second-order valence-electron chi connectivity index (χ2n) is 15.1. The van der Waals surface area contributed by atoms with Crippen LogP contribution in [0.4, 0.5) is 5.69 Å². The van der Waals surface area contributed by atoms with E-state index in [4.69, 9.17) is 14.5 Å². The molecule has 1 heterocycles. The number of hydrogen-bond donors (Lipinski definition) is 0. The Morgan fingerprint density at radius 1 is 0.938 bits per heavy atom. The van der Waals surface area contributed by atoms with Crippen LogP contribution in [0.15, 0.2) is 48.7 Å². The average Bonchev–Trinajstić information content (AvgIpc) is 3.82. The molecule has 3 aromatic rings. The van der Waals surface area contributed by atoms with Crippen molar-refractivity contribution >= 4 is 28.9 Å². The lowest BCUT2D eigenvalue weighted by atomic mass is 9.77. The monoisotopic (exact) mass is 667 g/mol. The molecule has 0 bridgehead atoms. The molecule has 3 fully saturated rings. The molecule has 0 unspecified atom stereocenters. The molecule has 0 radical (unpaired) electrons. The third-order valence-corrected chi connectivity index (χ3v) is 11.5. The van der Waals surface area contributed by atoms with Gasteiger partial charge in [0.2, 0.25) is 5.91 Å².